The number of likely N-dealkylation sites (N-methyl/N-ethyl adjacent to an activating group) is 1. The van der Waals surface area contributed by atoms with Gasteiger partial charge in [0.1, 0.15) is 0 Å². The summed E-state index contributed by atoms with van der Waals surface area (Å²) >= 11 is 0.190. The van der Waals surface area contributed by atoms with Gasteiger partial charge in [-0.1, -0.05) is 0 Å². The number of rotatable bonds is 3. The zero-order chi connectivity index (χ0) is 12.5. The SMILES string of the molecule is CCN1CCC[C@@H]1Cn1[se]c2ccccc2c1=O. The zero-order valence-electron chi connectivity index (χ0n) is 10.6. The fourth-order valence-electron chi connectivity index (χ4n) is 2.85. The van der Waals surface area contributed by atoms with Crippen molar-refractivity contribution >= 4 is 24.4 Å². The van der Waals surface area contributed by atoms with Crippen LogP contribution < -0.4 is 5.56 Å². The predicted molar refractivity (Wildman–Crippen MR) is 75.4 cm³/mol. The summed E-state index contributed by atoms with van der Waals surface area (Å²) < 4.78 is 3.33. The normalized spacial score (nSPS) is 20.8. The molecular formula is C14H18N2OSe. The first-order chi connectivity index (χ1) is 8.79. The van der Waals surface area contributed by atoms with Crippen LogP contribution in [0.3, 0.4) is 0 Å². The summed E-state index contributed by atoms with van der Waals surface area (Å²) in [5.41, 5.74) is 0.244. The van der Waals surface area contributed by atoms with Crippen molar-refractivity contribution < 1.29 is 0 Å². The van der Waals surface area contributed by atoms with Crippen LogP contribution in [0, 0.1) is 0 Å². The van der Waals surface area contributed by atoms with Crippen LogP contribution in [0.15, 0.2) is 29.1 Å². The summed E-state index contributed by atoms with van der Waals surface area (Å²) in [6.07, 6.45) is 2.52. The van der Waals surface area contributed by atoms with Crippen LogP contribution >= 0.6 is 0 Å². The van der Waals surface area contributed by atoms with Crippen molar-refractivity contribution in [3.63, 3.8) is 0 Å². The van der Waals surface area contributed by atoms with Gasteiger partial charge in [0, 0.05) is 0 Å². The molecule has 4 heteroatoms. The number of fused-ring (bicyclic) bond motifs is 1. The van der Waals surface area contributed by atoms with Crippen molar-refractivity contribution in [1.29, 1.82) is 0 Å². The van der Waals surface area contributed by atoms with Crippen LogP contribution in [0.5, 0.6) is 0 Å². The van der Waals surface area contributed by atoms with E-state index < -0.39 is 0 Å². The number of likely N-dealkylation sites (tertiary alicyclic amines) is 1. The molecule has 0 aliphatic carbocycles. The second-order valence-corrected chi connectivity index (χ2v) is 7.11. The standard InChI is InChI=1S/C14H18N2OSe/c1-2-15-9-5-6-11(15)10-16-14(17)12-7-3-4-8-13(12)18-16/h3-4,7-8,11H,2,5-6,9-10H2,1H3/t11-/m1/s1. The third-order valence-electron chi connectivity index (χ3n) is 3.83. The van der Waals surface area contributed by atoms with Crippen LogP contribution in [-0.2, 0) is 6.54 Å². The number of hydrogen-bond acceptors (Lipinski definition) is 2. The van der Waals surface area contributed by atoms with Crippen LogP contribution in [-0.4, -0.2) is 42.3 Å². The molecular weight excluding hydrogens is 291 g/mol. The molecule has 0 unspecified atom stereocenters. The molecule has 18 heavy (non-hydrogen) atoms. The van der Waals surface area contributed by atoms with E-state index in [1.165, 1.54) is 23.6 Å². The van der Waals surface area contributed by atoms with Crippen molar-refractivity contribution in [2.45, 2.75) is 32.4 Å². The van der Waals surface area contributed by atoms with E-state index in [-0.39, 0.29) is 20.3 Å². The number of benzene rings is 1. The van der Waals surface area contributed by atoms with Crippen LogP contribution in [0.2, 0.25) is 0 Å². The van der Waals surface area contributed by atoms with E-state index in [0.717, 1.165) is 18.5 Å². The molecule has 1 aromatic heterocycles. The van der Waals surface area contributed by atoms with Crippen molar-refractivity contribution in [2.24, 2.45) is 0 Å². The van der Waals surface area contributed by atoms with Crippen molar-refractivity contribution in [3.8, 4) is 0 Å². The zero-order valence-corrected chi connectivity index (χ0v) is 12.3. The topological polar surface area (TPSA) is 25.2 Å². The molecule has 2 aromatic rings. The Labute approximate surface area is 113 Å². The van der Waals surface area contributed by atoms with Gasteiger partial charge in [-0.2, -0.15) is 0 Å². The third-order valence-corrected chi connectivity index (χ3v) is 6.12. The molecule has 1 aromatic carbocycles. The van der Waals surface area contributed by atoms with Gasteiger partial charge in [0.25, 0.3) is 0 Å². The van der Waals surface area contributed by atoms with E-state index in [0.29, 0.717) is 6.04 Å². The molecule has 2 heterocycles. The minimum absolute atomic E-state index is 0.190. The Bertz CT molecular complexity index is 601. The van der Waals surface area contributed by atoms with Gasteiger partial charge in [0.15, 0.2) is 0 Å². The monoisotopic (exact) mass is 310 g/mol. The van der Waals surface area contributed by atoms with Crippen LogP contribution in [0.1, 0.15) is 19.8 Å². The second kappa shape index (κ2) is 5.04. The number of nitrogens with zero attached hydrogens (tertiary/aromatic N) is 2. The van der Waals surface area contributed by atoms with Crippen molar-refractivity contribution in [3.05, 3.63) is 34.6 Å². The quantitative estimate of drug-likeness (QED) is 0.804. The molecule has 1 aliphatic rings. The van der Waals surface area contributed by atoms with Gasteiger partial charge in [-0.15, -0.1) is 0 Å². The van der Waals surface area contributed by atoms with E-state index >= 15 is 0 Å². The Hall–Kier alpha value is -0.831. The number of hydrogen-bond donors (Lipinski definition) is 0. The molecule has 0 saturated carbocycles. The van der Waals surface area contributed by atoms with Crippen molar-refractivity contribution in [1.82, 2.24) is 8.46 Å². The number of aromatic nitrogens is 1. The fraction of sp³-hybridized carbons (Fsp3) is 0.500. The summed E-state index contributed by atoms with van der Waals surface area (Å²) in [6.45, 7) is 5.43. The molecule has 3 nitrogen and oxygen atoms in total. The first-order valence-electron chi connectivity index (χ1n) is 6.62. The Balaban J connectivity index is 1.91. The average molecular weight is 309 g/mol. The van der Waals surface area contributed by atoms with E-state index in [9.17, 15) is 4.79 Å². The molecule has 1 atom stereocenters. The Kier molecular flexibility index (Phi) is 3.42. The van der Waals surface area contributed by atoms with Gasteiger partial charge in [0.2, 0.25) is 0 Å². The van der Waals surface area contributed by atoms with Crippen LogP contribution in [0.4, 0.5) is 0 Å². The first kappa shape index (κ1) is 12.2. The van der Waals surface area contributed by atoms with E-state index in [1.807, 2.05) is 18.2 Å². The van der Waals surface area contributed by atoms with E-state index in [2.05, 4.69) is 21.5 Å². The summed E-state index contributed by atoms with van der Waals surface area (Å²) in [7, 11) is 0. The second-order valence-electron chi connectivity index (χ2n) is 4.88. The summed E-state index contributed by atoms with van der Waals surface area (Å²) in [4.78, 5) is 14.8. The molecule has 96 valence electrons. The summed E-state index contributed by atoms with van der Waals surface area (Å²) in [6, 6.07) is 8.64. The maximum atomic E-state index is 12.3. The molecule has 1 saturated heterocycles. The fourth-order valence-corrected chi connectivity index (χ4v) is 5.07. The minimum atomic E-state index is 0.190. The van der Waals surface area contributed by atoms with Gasteiger partial charge in [-0.3, -0.25) is 0 Å². The molecule has 1 aliphatic heterocycles. The molecule has 0 N–H and O–H groups in total. The average Bonchev–Trinajstić information content (AvgIpc) is 2.96. The summed E-state index contributed by atoms with van der Waals surface area (Å²) in [5, 5.41) is 0.929. The van der Waals surface area contributed by atoms with E-state index in [4.69, 9.17) is 0 Å². The van der Waals surface area contributed by atoms with E-state index in [1.54, 1.807) is 0 Å². The summed E-state index contributed by atoms with van der Waals surface area (Å²) in [5.74, 6) is 0. The molecule has 0 spiro atoms. The van der Waals surface area contributed by atoms with Crippen molar-refractivity contribution in [2.75, 3.05) is 13.1 Å². The van der Waals surface area contributed by atoms with Crippen LogP contribution in [0.25, 0.3) is 9.65 Å². The Morgan fingerprint density at radius 3 is 3.00 bits per heavy atom. The molecule has 3 rings (SSSR count). The van der Waals surface area contributed by atoms with Gasteiger partial charge in [-0.05, 0) is 0 Å². The maximum absolute atomic E-state index is 12.3. The van der Waals surface area contributed by atoms with Gasteiger partial charge in [0.05, 0.1) is 0 Å². The molecule has 0 bridgehead atoms. The van der Waals surface area contributed by atoms with Gasteiger partial charge in [-0.25, -0.2) is 0 Å². The molecule has 0 radical (unpaired) electrons. The van der Waals surface area contributed by atoms with Gasteiger partial charge < -0.3 is 0 Å². The third kappa shape index (κ3) is 2.09. The molecule has 0 amide bonds. The Morgan fingerprint density at radius 2 is 2.22 bits per heavy atom. The Morgan fingerprint density at radius 1 is 1.39 bits per heavy atom. The predicted octanol–water partition coefficient (Wildman–Crippen LogP) is 1.54. The first-order valence-corrected chi connectivity index (χ1v) is 8.24. The molecule has 1 fully saturated rings. The van der Waals surface area contributed by atoms with Gasteiger partial charge >= 0.3 is 113 Å².